The van der Waals surface area contributed by atoms with E-state index in [-0.39, 0.29) is 23.5 Å². The van der Waals surface area contributed by atoms with E-state index in [1.807, 2.05) is 18.2 Å². The van der Waals surface area contributed by atoms with Crippen molar-refractivity contribution in [2.24, 2.45) is 11.8 Å². The van der Waals surface area contributed by atoms with Crippen LogP contribution in [0.4, 0.5) is 10.1 Å². The molecule has 0 radical (unpaired) electrons. The number of aromatic nitrogens is 2. The van der Waals surface area contributed by atoms with Gasteiger partial charge in [0.25, 0.3) is 5.91 Å². The highest BCUT2D eigenvalue weighted by molar-refractivity contribution is 5.98. The molecule has 1 aromatic heterocycles. The first-order valence-electron chi connectivity index (χ1n) is 11.9. The second kappa shape index (κ2) is 10.6. The van der Waals surface area contributed by atoms with Crippen LogP contribution in [0.25, 0.3) is 11.3 Å². The molecule has 0 saturated heterocycles. The normalized spacial score (nSPS) is 16.8. The first kappa shape index (κ1) is 23.7. The molecule has 0 spiro atoms. The molecule has 2 aromatic carbocycles. The van der Waals surface area contributed by atoms with Crippen molar-refractivity contribution in [3.63, 3.8) is 0 Å². The number of rotatable bonds is 10. The number of aromatic amines is 1. The maximum atomic E-state index is 13.4. The van der Waals surface area contributed by atoms with E-state index in [9.17, 15) is 14.0 Å². The van der Waals surface area contributed by atoms with E-state index in [1.165, 1.54) is 12.1 Å². The number of carbonyl (C=O) groups excluding carboxylic acids is 2. The highest BCUT2D eigenvalue weighted by Crippen LogP contribution is 2.38. The van der Waals surface area contributed by atoms with Crippen molar-refractivity contribution in [3.05, 3.63) is 71.7 Å². The molecule has 4 rings (SSSR count). The number of anilines is 1. The van der Waals surface area contributed by atoms with Gasteiger partial charge in [-0.1, -0.05) is 31.5 Å². The maximum Gasteiger partial charge on any atom is 0.253 e. The van der Waals surface area contributed by atoms with E-state index in [4.69, 9.17) is 0 Å². The number of carbonyl (C=O) groups is 2. The molecule has 1 saturated carbocycles. The van der Waals surface area contributed by atoms with Gasteiger partial charge in [0.05, 0.1) is 5.69 Å². The second-order valence-corrected chi connectivity index (χ2v) is 9.22. The summed E-state index contributed by atoms with van der Waals surface area (Å²) in [4.78, 5) is 26.7. The van der Waals surface area contributed by atoms with E-state index < -0.39 is 0 Å². The van der Waals surface area contributed by atoms with Gasteiger partial charge >= 0.3 is 0 Å². The molecule has 2 N–H and O–H groups in total. The fraction of sp³-hybridized carbons (Fsp3) is 0.370. The fourth-order valence-corrected chi connectivity index (χ4v) is 4.10. The molecule has 1 heterocycles. The van der Waals surface area contributed by atoms with Crippen molar-refractivity contribution < 1.29 is 14.0 Å². The zero-order valence-corrected chi connectivity index (χ0v) is 19.7. The lowest BCUT2D eigenvalue weighted by atomic mass is 10.1. The number of halogens is 1. The fourth-order valence-electron chi connectivity index (χ4n) is 4.10. The third-order valence-electron chi connectivity index (χ3n) is 6.36. The van der Waals surface area contributed by atoms with Crippen molar-refractivity contribution in [3.8, 4) is 11.3 Å². The molecule has 178 valence electrons. The van der Waals surface area contributed by atoms with E-state index in [1.54, 1.807) is 36.2 Å². The molecule has 2 atom stereocenters. The van der Waals surface area contributed by atoms with Crippen LogP contribution < -0.4 is 5.32 Å². The van der Waals surface area contributed by atoms with Crippen LogP contribution in [-0.2, 0) is 11.2 Å². The van der Waals surface area contributed by atoms with Crippen LogP contribution in [0, 0.1) is 17.7 Å². The Morgan fingerprint density at radius 3 is 2.68 bits per heavy atom. The van der Waals surface area contributed by atoms with Gasteiger partial charge in [-0.15, -0.1) is 0 Å². The summed E-state index contributed by atoms with van der Waals surface area (Å²) in [5.74, 6) is 0.247. The average Bonchev–Trinajstić information content (AvgIpc) is 3.38. The highest BCUT2D eigenvalue weighted by Gasteiger charge is 2.39. The molecule has 1 aliphatic carbocycles. The molecular weight excluding hydrogens is 431 g/mol. The maximum absolute atomic E-state index is 13.4. The predicted molar refractivity (Wildman–Crippen MR) is 131 cm³/mol. The Hall–Kier alpha value is -3.48. The lowest BCUT2D eigenvalue weighted by molar-refractivity contribution is -0.117. The summed E-state index contributed by atoms with van der Waals surface area (Å²) in [6, 6.07) is 15.5. The Morgan fingerprint density at radius 1 is 1.12 bits per heavy atom. The van der Waals surface area contributed by atoms with Crippen molar-refractivity contribution in [1.29, 1.82) is 0 Å². The van der Waals surface area contributed by atoms with Gasteiger partial charge in [-0.25, -0.2) is 4.39 Å². The first-order valence-corrected chi connectivity index (χ1v) is 11.9. The first-order chi connectivity index (χ1) is 16.4. The molecule has 6 nitrogen and oxygen atoms in total. The molecule has 1 aliphatic rings. The van der Waals surface area contributed by atoms with Gasteiger partial charge in [-0.05, 0) is 68.0 Å². The van der Waals surface area contributed by atoms with Crippen molar-refractivity contribution >= 4 is 17.5 Å². The summed E-state index contributed by atoms with van der Waals surface area (Å²) < 4.78 is 13.4. The lowest BCUT2D eigenvalue weighted by Crippen LogP contribution is -2.27. The molecule has 3 aromatic rings. The second-order valence-electron chi connectivity index (χ2n) is 9.22. The molecule has 34 heavy (non-hydrogen) atoms. The van der Waals surface area contributed by atoms with E-state index in [0.717, 1.165) is 49.1 Å². The van der Waals surface area contributed by atoms with Crippen LogP contribution in [-0.4, -0.2) is 40.5 Å². The summed E-state index contributed by atoms with van der Waals surface area (Å²) in [7, 11) is 1.81. The third kappa shape index (κ3) is 6.10. The number of benzene rings is 2. The van der Waals surface area contributed by atoms with Crippen molar-refractivity contribution in [2.45, 2.75) is 39.0 Å². The molecule has 2 amide bonds. The van der Waals surface area contributed by atoms with Crippen LogP contribution in [0.2, 0.25) is 0 Å². The molecular formula is C27H31FN4O2. The lowest BCUT2D eigenvalue weighted by Gasteiger charge is -2.17. The Morgan fingerprint density at radius 2 is 1.91 bits per heavy atom. The number of hydrogen-bond donors (Lipinski definition) is 2. The summed E-state index contributed by atoms with van der Waals surface area (Å²) in [5.41, 5.74) is 3.76. The van der Waals surface area contributed by atoms with Crippen molar-refractivity contribution in [2.75, 3.05) is 18.9 Å². The van der Waals surface area contributed by atoms with Gasteiger partial charge in [0.1, 0.15) is 5.82 Å². The standard InChI is InChI=1S/C27H31FN4O2/c1-18-14-24(18)26(33)29-22-12-7-9-20(16-22)27(34)32(2)13-5-3-4-11-23-17-25(31-30-23)19-8-6-10-21(28)15-19/h6-10,12,15-18,24H,3-5,11,13-14H2,1-2H3,(H,29,33)(H,30,31). The van der Waals surface area contributed by atoms with Crippen LogP contribution in [0.15, 0.2) is 54.6 Å². The monoisotopic (exact) mass is 462 g/mol. The summed E-state index contributed by atoms with van der Waals surface area (Å²) >= 11 is 0. The highest BCUT2D eigenvalue weighted by atomic mass is 19.1. The Labute approximate surface area is 199 Å². The summed E-state index contributed by atoms with van der Waals surface area (Å²) in [5, 5.41) is 10.2. The van der Waals surface area contributed by atoms with Crippen LogP contribution in [0.3, 0.4) is 0 Å². The minimum atomic E-state index is -0.273. The zero-order chi connectivity index (χ0) is 24.1. The van der Waals surface area contributed by atoms with Gasteiger partial charge in [-0.3, -0.25) is 14.7 Å². The summed E-state index contributed by atoms with van der Waals surface area (Å²) in [6.07, 6.45) is 4.61. The predicted octanol–water partition coefficient (Wildman–Crippen LogP) is 5.30. The molecule has 0 bridgehead atoms. The third-order valence-corrected chi connectivity index (χ3v) is 6.36. The number of unbranched alkanes of at least 4 members (excludes halogenated alkanes) is 2. The largest absolute Gasteiger partial charge is 0.342 e. The van der Waals surface area contributed by atoms with Crippen LogP contribution in [0.1, 0.15) is 48.7 Å². The SMILES string of the molecule is CC1CC1C(=O)Nc1cccc(C(=O)N(C)CCCCCc2cc(-c3cccc(F)c3)n[nH]2)c1. The molecule has 0 aliphatic heterocycles. The van der Waals surface area contributed by atoms with Crippen LogP contribution >= 0.6 is 0 Å². The van der Waals surface area contributed by atoms with Crippen molar-refractivity contribution in [1.82, 2.24) is 15.1 Å². The minimum absolute atomic E-state index is 0.0331. The van der Waals surface area contributed by atoms with E-state index in [0.29, 0.717) is 23.7 Å². The molecule has 2 unspecified atom stereocenters. The topological polar surface area (TPSA) is 78.1 Å². The number of H-pyrrole nitrogens is 1. The Balaban J connectivity index is 1.19. The molecule has 7 heteroatoms. The zero-order valence-electron chi connectivity index (χ0n) is 19.7. The number of aryl methyl sites for hydroxylation is 1. The number of nitrogens with zero attached hydrogens (tertiary/aromatic N) is 2. The van der Waals surface area contributed by atoms with Gasteiger partial charge in [0.2, 0.25) is 5.91 Å². The summed E-state index contributed by atoms with van der Waals surface area (Å²) in [6.45, 7) is 2.73. The smallest absolute Gasteiger partial charge is 0.253 e. The Bertz CT molecular complexity index is 1160. The van der Waals surface area contributed by atoms with Crippen LogP contribution in [0.5, 0.6) is 0 Å². The Kier molecular flexibility index (Phi) is 7.40. The number of hydrogen-bond acceptors (Lipinski definition) is 3. The van der Waals surface area contributed by atoms with Gasteiger partial charge in [-0.2, -0.15) is 5.10 Å². The minimum Gasteiger partial charge on any atom is -0.342 e. The molecule has 1 fully saturated rings. The van der Waals surface area contributed by atoms with Gasteiger partial charge < -0.3 is 10.2 Å². The van der Waals surface area contributed by atoms with Gasteiger partial charge in [0.15, 0.2) is 0 Å². The average molecular weight is 463 g/mol. The van der Waals surface area contributed by atoms with E-state index >= 15 is 0 Å². The number of nitrogens with one attached hydrogen (secondary N) is 2. The number of amides is 2. The van der Waals surface area contributed by atoms with E-state index in [2.05, 4.69) is 22.4 Å². The quantitative estimate of drug-likeness (QED) is 0.402. The van der Waals surface area contributed by atoms with Gasteiger partial charge in [0, 0.05) is 42.0 Å².